The van der Waals surface area contributed by atoms with Gasteiger partial charge in [0.25, 0.3) is 0 Å². The lowest BCUT2D eigenvalue weighted by Crippen LogP contribution is -2.36. The normalized spacial score (nSPS) is 14.6. The molecule has 0 bridgehead atoms. The van der Waals surface area contributed by atoms with Gasteiger partial charge in [-0.05, 0) is 49.7 Å². The van der Waals surface area contributed by atoms with Gasteiger partial charge in [0.15, 0.2) is 9.84 Å². The maximum atomic E-state index is 12.6. The number of anilines is 1. The standard InChI is InChI=1S/C21H27N3O4S.ClH/c1-2-28-18-7-9-19(10-8-18)29(26,27)17-11-21(25)24-14-5-13-23(15-16-24)20-6-3-4-12-22-20;/h3-4,6-10,12H,2,5,11,13-17H2,1H3;1H. The second-order valence-corrected chi connectivity index (χ2v) is 8.99. The van der Waals surface area contributed by atoms with Crippen molar-refractivity contribution in [3.8, 4) is 5.75 Å². The largest absolute Gasteiger partial charge is 0.494 e. The van der Waals surface area contributed by atoms with Crippen LogP contribution in [0.3, 0.4) is 0 Å². The quantitative estimate of drug-likeness (QED) is 0.641. The van der Waals surface area contributed by atoms with Crippen molar-refractivity contribution in [1.29, 1.82) is 0 Å². The second kappa shape index (κ2) is 11.2. The molecule has 1 amide bonds. The smallest absolute Gasteiger partial charge is 0.223 e. The molecule has 0 radical (unpaired) electrons. The molecule has 1 aromatic carbocycles. The average Bonchev–Trinajstić information content (AvgIpc) is 3.00. The maximum absolute atomic E-state index is 12.6. The molecule has 2 aromatic rings. The van der Waals surface area contributed by atoms with Crippen molar-refractivity contribution < 1.29 is 17.9 Å². The van der Waals surface area contributed by atoms with Gasteiger partial charge in [-0.2, -0.15) is 0 Å². The van der Waals surface area contributed by atoms with Crippen molar-refractivity contribution in [3.63, 3.8) is 0 Å². The highest BCUT2D eigenvalue weighted by Gasteiger charge is 2.22. The Kier molecular flexibility index (Phi) is 8.92. The molecule has 1 aliphatic rings. The van der Waals surface area contributed by atoms with E-state index in [0.29, 0.717) is 32.0 Å². The number of benzene rings is 1. The van der Waals surface area contributed by atoms with Gasteiger partial charge in [0.05, 0.1) is 17.3 Å². The van der Waals surface area contributed by atoms with E-state index < -0.39 is 9.84 Å². The fraction of sp³-hybridized carbons (Fsp3) is 0.429. The number of ether oxygens (including phenoxy) is 1. The minimum atomic E-state index is -3.51. The first-order chi connectivity index (χ1) is 14.0. The summed E-state index contributed by atoms with van der Waals surface area (Å²) in [6, 6.07) is 12.1. The van der Waals surface area contributed by atoms with Crippen LogP contribution in [0.15, 0.2) is 53.6 Å². The monoisotopic (exact) mass is 453 g/mol. The number of carbonyl (C=O) groups is 1. The van der Waals surface area contributed by atoms with Crippen molar-refractivity contribution in [2.24, 2.45) is 0 Å². The average molecular weight is 454 g/mol. The van der Waals surface area contributed by atoms with E-state index in [1.54, 1.807) is 23.2 Å². The molecule has 9 heteroatoms. The van der Waals surface area contributed by atoms with Gasteiger partial charge in [-0.25, -0.2) is 13.4 Å². The summed E-state index contributed by atoms with van der Waals surface area (Å²) in [6.07, 6.45) is 2.57. The highest BCUT2D eigenvalue weighted by molar-refractivity contribution is 7.91. The van der Waals surface area contributed by atoms with E-state index in [9.17, 15) is 13.2 Å². The van der Waals surface area contributed by atoms with E-state index in [4.69, 9.17) is 4.74 Å². The Morgan fingerprint density at radius 1 is 1.07 bits per heavy atom. The van der Waals surface area contributed by atoms with Gasteiger partial charge in [-0.1, -0.05) is 6.07 Å². The Labute approximate surface area is 184 Å². The molecule has 30 heavy (non-hydrogen) atoms. The van der Waals surface area contributed by atoms with Crippen LogP contribution in [0.2, 0.25) is 0 Å². The van der Waals surface area contributed by atoms with Crippen LogP contribution in [0, 0.1) is 0 Å². The molecule has 1 aliphatic heterocycles. The topological polar surface area (TPSA) is 79.8 Å². The molecule has 1 aromatic heterocycles. The fourth-order valence-corrected chi connectivity index (χ4v) is 4.57. The summed E-state index contributed by atoms with van der Waals surface area (Å²) in [4.78, 5) is 21.1. The minimum Gasteiger partial charge on any atom is -0.494 e. The van der Waals surface area contributed by atoms with Crippen LogP contribution in [0.4, 0.5) is 5.82 Å². The van der Waals surface area contributed by atoms with Crippen LogP contribution in [0.5, 0.6) is 5.75 Å². The molecule has 0 aliphatic carbocycles. The second-order valence-electron chi connectivity index (χ2n) is 6.88. The van der Waals surface area contributed by atoms with Gasteiger partial charge in [0.1, 0.15) is 11.6 Å². The van der Waals surface area contributed by atoms with Crippen molar-refractivity contribution in [1.82, 2.24) is 9.88 Å². The number of sulfone groups is 1. The SMILES string of the molecule is CCOc1ccc(S(=O)(=O)CCC(=O)N2CCCN(c3ccccn3)CC2)cc1.Cl. The van der Waals surface area contributed by atoms with Crippen molar-refractivity contribution in [2.75, 3.05) is 43.4 Å². The van der Waals surface area contributed by atoms with Crippen LogP contribution in [-0.4, -0.2) is 62.7 Å². The summed E-state index contributed by atoms with van der Waals surface area (Å²) >= 11 is 0. The number of aromatic nitrogens is 1. The number of hydrogen-bond donors (Lipinski definition) is 0. The Morgan fingerprint density at radius 2 is 1.83 bits per heavy atom. The van der Waals surface area contributed by atoms with Crippen molar-refractivity contribution in [3.05, 3.63) is 48.7 Å². The third-order valence-electron chi connectivity index (χ3n) is 4.90. The molecule has 1 fully saturated rings. The van der Waals surface area contributed by atoms with E-state index in [-0.39, 0.29) is 35.4 Å². The Bertz CT molecular complexity index is 908. The number of amides is 1. The summed E-state index contributed by atoms with van der Waals surface area (Å²) in [5.74, 6) is 1.21. The fourth-order valence-electron chi connectivity index (χ4n) is 3.34. The lowest BCUT2D eigenvalue weighted by Gasteiger charge is -2.22. The van der Waals surface area contributed by atoms with E-state index in [2.05, 4.69) is 9.88 Å². The summed E-state index contributed by atoms with van der Waals surface area (Å²) in [6.45, 7) is 5.10. The predicted molar refractivity (Wildman–Crippen MR) is 119 cm³/mol. The molecular formula is C21H28ClN3O4S. The highest BCUT2D eigenvalue weighted by atomic mass is 35.5. The Hall–Kier alpha value is -2.32. The molecule has 2 heterocycles. The van der Waals surface area contributed by atoms with Gasteiger partial charge >= 0.3 is 0 Å². The summed E-state index contributed by atoms with van der Waals surface area (Å²) in [5.41, 5.74) is 0. The molecule has 7 nitrogen and oxygen atoms in total. The summed E-state index contributed by atoms with van der Waals surface area (Å²) in [5, 5.41) is 0. The number of carbonyl (C=O) groups excluding carboxylic acids is 1. The highest BCUT2D eigenvalue weighted by Crippen LogP contribution is 2.18. The number of rotatable bonds is 7. The molecular weight excluding hydrogens is 426 g/mol. The third kappa shape index (κ3) is 6.34. The first-order valence-corrected chi connectivity index (χ1v) is 11.5. The molecule has 0 atom stereocenters. The molecule has 0 unspecified atom stereocenters. The molecule has 1 saturated heterocycles. The van der Waals surface area contributed by atoms with Crippen LogP contribution >= 0.6 is 12.4 Å². The Balaban J connectivity index is 0.00000320. The van der Waals surface area contributed by atoms with Gasteiger partial charge in [0, 0.05) is 38.8 Å². The van der Waals surface area contributed by atoms with Gasteiger partial charge in [-0.3, -0.25) is 4.79 Å². The van der Waals surface area contributed by atoms with Gasteiger partial charge in [-0.15, -0.1) is 12.4 Å². The minimum absolute atomic E-state index is 0. The lowest BCUT2D eigenvalue weighted by molar-refractivity contribution is -0.130. The van der Waals surface area contributed by atoms with Crippen LogP contribution < -0.4 is 9.64 Å². The van der Waals surface area contributed by atoms with E-state index in [1.807, 2.05) is 25.1 Å². The predicted octanol–water partition coefficient (Wildman–Crippen LogP) is 2.80. The number of pyridine rings is 1. The summed E-state index contributed by atoms with van der Waals surface area (Å²) < 4.78 is 30.5. The molecule has 0 N–H and O–H groups in total. The number of nitrogens with zero attached hydrogens (tertiary/aromatic N) is 3. The third-order valence-corrected chi connectivity index (χ3v) is 6.63. The molecule has 3 rings (SSSR count). The van der Waals surface area contributed by atoms with E-state index in [1.165, 1.54) is 12.1 Å². The number of hydrogen-bond acceptors (Lipinski definition) is 6. The summed E-state index contributed by atoms with van der Waals surface area (Å²) in [7, 11) is -3.51. The number of halogens is 1. The molecule has 0 saturated carbocycles. The molecule has 0 spiro atoms. The molecule has 164 valence electrons. The van der Waals surface area contributed by atoms with Crippen LogP contribution in [0.25, 0.3) is 0 Å². The lowest BCUT2D eigenvalue weighted by atomic mass is 10.3. The zero-order valence-corrected chi connectivity index (χ0v) is 18.7. The first-order valence-electron chi connectivity index (χ1n) is 9.89. The first kappa shape index (κ1) is 24.0. The van der Waals surface area contributed by atoms with Crippen molar-refractivity contribution in [2.45, 2.75) is 24.7 Å². The van der Waals surface area contributed by atoms with Gasteiger partial charge in [0.2, 0.25) is 5.91 Å². The van der Waals surface area contributed by atoms with Crippen molar-refractivity contribution >= 4 is 34.0 Å². The maximum Gasteiger partial charge on any atom is 0.223 e. The van der Waals surface area contributed by atoms with Gasteiger partial charge < -0.3 is 14.5 Å². The van der Waals surface area contributed by atoms with E-state index >= 15 is 0 Å². The van der Waals surface area contributed by atoms with Crippen LogP contribution in [-0.2, 0) is 14.6 Å². The van der Waals surface area contributed by atoms with E-state index in [0.717, 1.165) is 18.8 Å². The Morgan fingerprint density at radius 3 is 2.50 bits per heavy atom. The zero-order valence-electron chi connectivity index (χ0n) is 17.1. The van der Waals surface area contributed by atoms with Crippen LogP contribution in [0.1, 0.15) is 19.8 Å². The zero-order chi connectivity index (χ0) is 20.7.